The second-order valence-electron chi connectivity index (χ2n) is 5.72. The maximum Gasteiger partial charge on any atom is 0.338 e. The number of benzene rings is 2. The Morgan fingerprint density at radius 3 is 2.44 bits per heavy atom. The van der Waals surface area contributed by atoms with E-state index >= 15 is 0 Å². The number of nitrogens with one attached hydrogen (secondary N) is 1. The van der Waals surface area contributed by atoms with E-state index in [9.17, 15) is 14.7 Å². The van der Waals surface area contributed by atoms with E-state index in [1.807, 2.05) is 18.2 Å². The number of H-pyrrole nitrogens is 1. The first-order valence-corrected chi connectivity index (χ1v) is 9.09. The number of carboxylic acids is 1. The minimum absolute atomic E-state index is 0.108. The number of nitrogens with zero attached hydrogens (tertiary/aromatic N) is 3. The molecule has 0 atom stereocenters. The second-order valence-corrected chi connectivity index (χ2v) is 6.66. The fourth-order valence-electron chi connectivity index (χ4n) is 3.02. The summed E-state index contributed by atoms with van der Waals surface area (Å²) in [5.41, 5.74) is 0.859. The standard InChI is InChI=1S/C19H14N4O3S/c24-17-14-9-5-4-8-13(14)16(18(25)26)15(10-27-19-20-11-21-22-19)23(17)12-6-2-1-3-7-12/h1-9,11H,10H2,(H,25,26)(H,20,21,22). The Kier molecular flexibility index (Phi) is 4.47. The summed E-state index contributed by atoms with van der Waals surface area (Å²) in [5.74, 6) is -0.851. The zero-order valence-electron chi connectivity index (χ0n) is 14.0. The van der Waals surface area contributed by atoms with Crippen LogP contribution in [-0.4, -0.2) is 30.8 Å². The van der Waals surface area contributed by atoms with Crippen molar-refractivity contribution in [3.05, 3.63) is 82.5 Å². The average Bonchev–Trinajstić information content (AvgIpc) is 3.20. The minimum atomic E-state index is -1.08. The van der Waals surface area contributed by atoms with Gasteiger partial charge >= 0.3 is 5.97 Å². The lowest BCUT2D eigenvalue weighted by atomic mass is 10.0. The summed E-state index contributed by atoms with van der Waals surface area (Å²) in [7, 11) is 0. The number of hydrogen-bond acceptors (Lipinski definition) is 5. The lowest BCUT2D eigenvalue weighted by Crippen LogP contribution is -2.25. The van der Waals surface area contributed by atoms with E-state index < -0.39 is 5.97 Å². The van der Waals surface area contributed by atoms with Crippen molar-refractivity contribution in [1.29, 1.82) is 0 Å². The maximum absolute atomic E-state index is 13.2. The number of carbonyl (C=O) groups is 1. The number of thioether (sulfide) groups is 1. The molecule has 2 aromatic heterocycles. The van der Waals surface area contributed by atoms with Crippen molar-refractivity contribution in [2.45, 2.75) is 10.9 Å². The minimum Gasteiger partial charge on any atom is -0.478 e. The normalized spacial score (nSPS) is 11.0. The third kappa shape index (κ3) is 3.11. The van der Waals surface area contributed by atoms with Gasteiger partial charge in [0.25, 0.3) is 5.56 Å². The summed E-state index contributed by atoms with van der Waals surface area (Å²) >= 11 is 1.26. The number of aromatic carboxylic acids is 1. The molecule has 0 spiro atoms. The van der Waals surface area contributed by atoms with Crippen LogP contribution in [0.4, 0.5) is 0 Å². The molecule has 4 aromatic rings. The third-order valence-electron chi connectivity index (χ3n) is 4.15. The predicted octanol–water partition coefficient (Wildman–Crippen LogP) is 3.10. The van der Waals surface area contributed by atoms with Gasteiger partial charge in [0.15, 0.2) is 0 Å². The van der Waals surface area contributed by atoms with E-state index in [2.05, 4.69) is 15.2 Å². The van der Waals surface area contributed by atoms with Crippen molar-refractivity contribution in [3.8, 4) is 5.69 Å². The van der Waals surface area contributed by atoms with Crippen LogP contribution < -0.4 is 5.56 Å². The molecule has 2 N–H and O–H groups in total. The molecule has 2 heterocycles. The number of pyridine rings is 1. The van der Waals surface area contributed by atoms with Crippen LogP contribution in [0.15, 0.2) is 70.9 Å². The fourth-order valence-corrected chi connectivity index (χ4v) is 3.81. The van der Waals surface area contributed by atoms with Gasteiger partial charge in [0.2, 0.25) is 5.16 Å². The zero-order valence-corrected chi connectivity index (χ0v) is 14.8. The van der Waals surface area contributed by atoms with Gasteiger partial charge in [-0.25, -0.2) is 9.78 Å². The summed E-state index contributed by atoms with van der Waals surface area (Å²) in [4.78, 5) is 29.4. The molecule has 134 valence electrons. The van der Waals surface area contributed by atoms with Gasteiger partial charge < -0.3 is 5.11 Å². The van der Waals surface area contributed by atoms with E-state index in [1.165, 1.54) is 22.7 Å². The molecule has 0 radical (unpaired) electrons. The predicted molar refractivity (Wildman–Crippen MR) is 102 cm³/mol. The maximum atomic E-state index is 13.2. The smallest absolute Gasteiger partial charge is 0.338 e. The fraction of sp³-hybridized carbons (Fsp3) is 0.0526. The number of aromatic amines is 1. The molecular formula is C19H14N4O3S. The second kappa shape index (κ2) is 7.08. The van der Waals surface area contributed by atoms with E-state index in [0.29, 0.717) is 27.3 Å². The van der Waals surface area contributed by atoms with E-state index in [0.717, 1.165) is 0 Å². The molecule has 0 bridgehead atoms. The summed E-state index contributed by atoms with van der Waals surface area (Å²) < 4.78 is 1.46. The summed E-state index contributed by atoms with van der Waals surface area (Å²) in [5, 5.41) is 17.8. The first-order chi connectivity index (χ1) is 13.2. The zero-order chi connectivity index (χ0) is 18.8. The van der Waals surface area contributed by atoms with Crippen LogP contribution >= 0.6 is 11.8 Å². The lowest BCUT2D eigenvalue weighted by Gasteiger charge is -2.17. The Labute approximate surface area is 157 Å². The first kappa shape index (κ1) is 17.0. The molecule has 8 heteroatoms. The van der Waals surface area contributed by atoms with Gasteiger partial charge in [-0.1, -0.05) is 48.2 Å². The highest BCUT2D eigenvalue weighted by Gasteiger charge is 2.22. The topological polar surface area (TPSA) is 101 Å². The first-order valence-electron chi connectivity index (χ1n) is 8.10. The number of hydrogen-bond donors (Lipinski definition) is 2. The van der Waals surface area contributed by atoms with Crippen molar-refractivity contribution in [1.82, 2.24) is 19.7 Å². The number of para-hydroxylation sites is 1. The molecule has 0 amide bonds. The Hall–Kier alpha value is -3.39. The van der Waals surface area contributed by atoms with Gasteiger partial charge in [0.05, 0.1) is 11.3 Å². The van der Waals surface area contributed by atoms with Gasteiger partial charge in [0.1, 0.15) is 6.33 Å². The van der Waals surface area contributed by atoms with Gasteiger partial charge in [0, 0.05) is 22.2 Å². The van der Waals surface area contributed by atoms with E-state index in [1.54, 1.807) is 36.4 Å². The number of aromatic nitrogens is 4. The van der Waals surface area contributed by atoms with E-state index in [-0.39, 0.29) is 16.9 Å². The Bertz CT molecular complexity index is 1170. The number of rotatable bonds is 5. The van der Waals surface area contributed by atoms with Crippen LogP contribution in [0.5, 0.6) is 0 Å². The molecular weight excluding hydrogens is 364 g/mol. The van der Waals surface area contributed by atoms with Crippen LogP contribution in [0.2, 0.25) is 0 Å². The Morgan fingerprint density at radius 1 is 1.07 bits per heavy atom. The molecule has 0 unspecified atom stereocenters. The highest BCUT2D eigenvalue weighted by atomic mass is 32.2. The average molecular weight is 378 g/mol. The lowest BCUT2D eigenvalue weighted by molar-refractivity contribution is 0.0697. The molecule has 0 aliphatic rings. The highest BCUT2D eigenvalue weighted by molar-refractivity contribution is 7.98. The van der Waals surface area contributed by atoms with Crippen molar-refractivity contribution >= 4 is 28.5 Å². The van der Waals surface area contributed by atoms with Crippen LogP contribution in [0.25, 0.3) is 16.5 Å². The van der Waals surface area contributed by atoms with Gasteiger partial charge in [-0.05, 0) is 18.2 Å². The monoisotopic (exact) mass is 378 g/mol. The Morgan fingerprint density at radius 2 is 1.78 bits per heavy atom. The number of carboxylic acid groups (broad SMARTS) is 1. The highest BCUT2D eigenvalue weighted by Crippen LogP contribution is 2.27. The van der Waals surface area contributed by atoms with Crippen LogP contribution in [0, 0.1) is 0 Å². The third-order valence-corrected chi connectivity index (χ3v) is 5.02. The molecule has 7 nitrogen and oxygen atoms in total. The molecule has 0 aliphatic heterocycles. The largest absolute Gasteiger partial charge is 0.478 e. The molecule has 2 aromatic carbocycles. The summed E-state index contributed by atoms with van der Waals surface area (Å²) in [6.07, 6.45) is 1.45. The van der Waals surface area contributed by atoms with Crippen molar-refractivity contribution in [2.24, 2.45) is 0 Å². The van der Waals surface area contributed by atoms with Gasteiger partial charge in [-0.2, -0.15) is 0 Å². The van der Waals surface area contributed by atoms with E-state index in [4.69, 9.17) is 0 Å². The molecule has 0 aliphatic carbocycles. The summed E-state index contributed by atoms with van der Waals surface area (Å²) in [6.45, 7) is 0. The quantitative estimate of drug-likeness (QED) is 0.518. The van der Waals surface area contributed by atoms with Crippen LogP contribution in [0.1, 0.15) is 16.1 Å². The molecule has 0 saturated carbocycles. The van der Waals surface area contributed by atoms with Crippen molar-refractivity contribution in [3.63, 3.8) is 0 Å². The number of fused-ring (bicyclic) bond motifs is 1. The summed E-state index contributed by atoms with van der Waals surface area (Å²) in [6, 6.07) is 15.8. The van der Waals surface area contributed by atoms with Crippen LogP contribution in [0.3, 0.4) is 0 Å². The molecule has 0 saturated heterocycles. The van der Waals surface area contributed by atoms with Crippen molar-refractivity contribution in [2.75, 3.05) is 0 Å². The molecule has 4 rings (SSSR count). The molecule has 27 heavy (non-hydrogen) atoms. The SMILES string of the molecule is O=C(O)c1c(CSc2nc[nH]n2)n(-c2ccccc2)c(=O)c2ccccc12. The Balaban J connectivity index is 2.03. The van der Waals surface area contributed by atoms with Crippen molar-refractivity contribution < 1.29 is 9.90 Å². The van der Waals surface area contributed by atoms with Crippen LogP contribution in [-0.2, 0) is 5.75 Å². The van der Waals surface area contributed by atoms with Gasteiger partial charge in [-0.15, -0.1) is 5.10 Å². The van der Waals surface area contributed by atoms with Gasteiger partial charge in [-0.3, -0.25) is 14.5 Å². The molecule has 0 fully saturated rings.